The fourth-order valence-corrected chi connectivity index (χ4v) is 3.52. The minimum Gasteiger partial charge on any atom is -0.384 e. The second-order valence-corrected chi connectivity index (χ2v) is 6.36. The van der Waals surface area contributed by atoms with Crippen molar-refractivity contribution in [1.29, 1.82) is 0 Å². The quantitative estimate of drug-likeness (QED) is 0.681. The number of halogens is 2. The topological polar surface area (TPSA) is 12.0 Å². The number of anilines is 1. The van der Waals surface area contributed by atoms with E-state index in [-0.39, 0.29) is 5.41 Å². The third-order valence-electron chi connectivity index (χ3n) is 2.83. The van der Waals surface area contributed by atoms with Crippen LogP contribution in [-0.4, -0.2) is 6.54 Å². The van der Waals surface area contributed by atoms with Crippen molar-refractivity contribution < 1.29 is 0 Å². The zero-order valence-corrected chi connectivity index (χ0v) is 12.1. The molecule has 0 bridgehead atoms. The third-order valence-corrected chi connectivity index (χ3v) is 4.39. The van der Waals surface area contributed by atoms with Crippen molar-refractivity contribution >= 4 is 44.2 Å². The van der Waals surface area contributed by atoms with Gasteiger partial charge in [-0.1, -0.05) is 29.8 Å². The normalized spacial score (nSPS) is 18.6. The van der Waals surface area contributed by atoms with Crippen LogP contribution < -0.4 is 5.32 Å². The summed E-state index contributed by atoms with van der Waals surface area (Å²) in [5.74, 6) is 0. The van der Waals surface area contributed by atoms with Crippen LogP contribution in [0.3, 0.4) is 0 Å². The Balaban J connectivity index is 2.67. The third kappa shape index (κ3) is 1.69. The Hall–Kier alpha value is 0.230. The lowest BCUT2D eigenvalue weighted by Crippen LogP contribution is -2.29. The lowest BCUT2D eigenvalue weighted by atomic mass is 9.78. The van der Waals surface area contributed by atoms with E-state index in [1.54, 1.807) is 0 Å². The van der Waals surface area contributed by atoms with E-state index in [0.29, 0.717) is 0 Å². The van der Waals surface area contributed by atoms with Crippen LogP contribution in [0.4, 0.5) is 5.69 Å². The zero-order chi connectivity index (χ0) is 10.3. The Morgan fingerprint density at radius 3 is 2.79 bits per heavy atom. The molecule has 1 aliphatic heterocycles. The second kappa shape index (κ2) is 3.67. The maximum absolute atomic E-state index is 3.65. The summed E-state index contributed by atoms with van der Waals surface area (Å²) >= 11 is 6.04. The van der Waals surface area contributed by atoms with Gasteiger partial charge in [-0.05, 0) is 52.1 Å². The zero-order valence-electron chi connectivity index (χ0n) is 8.32. The average molecular weight is 366 g/mol. The number of fused-ring (bicyclic) bond motifs is 1. The van der Waals surface area contributed by atoms with Crippen LogP contribution in [0, 0.1) is 3.57 Å². The molecule has 0 saturated heterocycles. The van der Waals surface area contributed by atoms with Gasteiger partial charge in [-0.3, -0.25) is 0 Å². The first-order valence-corrected chi connectivity index (χ1v) is 6.62. The number of benzene rings is 1. The van der Waals surface area contributed by atoms with Gasteiger partial charge in [0.25, 0.3) is 0 Å². The van der Waals surface area contributed by atoms with Crippen molar-refractivity contribution in [2.45, 2.75) is 25.7 Å². The van der Waals surface area contributed by atoms with Crippen LogP contribution in [-0.2, 0) is 5.41 Å². The maximum atomic E-state index is 3.65. The van der Waals surface area contributed by atoms with E-state index in [0.717, 1.165) is 6.54 Å². The summed E-state index contributed by atoms with van der Waals surface area (Å²) in [4.78, 5) is 0. The lowest BCUT2D eigenvalue weighted by Gasteiger charge is -2.34. The molecule has 0 aliphatic carbocycles. The molecule has 1 aromatic rings. The summed E-state index contributed by atoms with van der Waals surface area (Å²) in [6.45, 7) is 5.70. The van der Waals surface area contributed by atoms with Gasteiger partial charge >= 0.3 is 0 Å². The summed E-state index contributed by atoms with van der Waals surface area (Å²) in [6.07, 6.45) is 1.19. The molecule has 0 unspecified atom stereocenters. The van der Waals surface area contributed by atoms with Gasteiger partial charge in [-0.15, -0.1) is 0 Å². The molecule has 0 saturated carbocycles. The van der Waals surface area contributed by atoms with E-state index in [1.165, 1.54) is 25.7 Å². The first-order valence-electron chi connectivity index (χ1n) is 4.75. The predicted molar refractivity (Wildman–Crippen MR) is 73.0 cm³/mol. The van der Waals surface area contributed by atoms with Gasteiger partial charge in [-0.25, -0.2) is 0 Å². The van der Waals surface area contributed by atoms with Crippen molar-refractivity contribution in [3.63, 3.8) is 0 Å². The molecule has 1 nitrogen and oxygen atoms in total. The van der Waals surface area contributed by atoms with Gasteiger partial charge in [-0.2, -0.15) is 0 Å². The summed E-state index contributed by atoms with van der Waals surface area (Å²) in [6, 6.07) is 4.30. The molecule has 14 heavy (non-hydrogen) atoms. The molecule has 1 heterocycles. The fourth-order valence-electron chi connectivity index (χ4n) is 2.01. The molecule has 1 aromatic carbocycles. The minimum absolute atomic E-state index is 0.278. The van der Waals surface area contributed by atoms with Gasteiger partial charge in [0.05, 0.1) is 5.69 Å². The van der Waals surface area contributed by atoms with E-state index in [1.807, 2.05) is 0 Å². The van der Waals surface area contributed by atoms with Gasteiger partial charge < -0.3 is 5.32 Å². The average Bonchev–Trinajstić information content (AvgIpc) is 2.10. The van der Waals surface area contributed by atoms with Gasteiger partial charge in [0, 0.05) is 14.6 Å². The van der Waals surface area contributed by atoms with Crippen molar-refractivity contribution in [3.8, 4) is 0 Å². The Kier molecular flexibility index (Phi) is 2.81. The highest BCUT2D eigenvalue weighted by atomic mass is 127. The number of nitrogens with one attached hydrogen (secondary N) is 1. The van der Waals surface area contributed by atoms with Crippen LogP contribution in [0.5, 0.6) is 0 Å². The first kappa shape index (κ1) is 10.7. The summed E-state index contributed by atoms with van der Waals surface area (Å²) in [7, 11) is 0. The molecule has 0 spiro atoms. The maximum Gasteiger partial charge on any atom is 0.0525 e. The molecule has 0 radical (unpaired) electrons. The summed E-state index contributed by atoms with van der Waals surface area (Å²) in [5, 5.41) is 3.49. The highest BCUT2D eigenvalue weighted by Gasteiger charge is 2.30. The van der Waals surface area contributed by atoms with E-state index < -0.39 is 0 Å². The molecule has 1 N–H and O–H groups in total. The summed E-state index contributed by atoms with van der Waals surface area (Å²) in [5.41, 5.74) is 3.02. The molecule has 76 valence electrons. The summed E-state index contributed by atoms with van der Waals surface area (Å²) < 4.78 is 2.54. The highest BCUT2D eigenvalue weighted by Crippen LogP contribution is 2.43. The largest absolute Gasteiger partial charge is 0.384 e. The predicted octanol–water partition coefficient (Wildman–Crippen LogP) is 4.15. The molecule has 0 amide bonds. The van der Waals surface area contributed by atoms with Crippen molar-refractivity contribution in [2.75, 3.05) is 11.9 Å². The van der Waals surface area contributed by atoms with E-state index in [9.17, 15) is 0 Å². The molecule has 1 aliphatic rings. The van der Waals surface area contributed by atoms with Crippen LogP contribution in [0.2, 0.25) is 0 Å². The molecule has 0 atom stereocenters. The molecule has 2 rings (SSSR count). The second-order valence-electron chi connectivity index (χ2n) is 4.34. The van der Waals surface area contributed by atoms with E-state index >= 15 is 0 Å². The van der Waals surface area contributed by atoms with Crippen molar-refractivity contribution in [2.24, 2.45) is 0 Å². The Bertz CT molecular complexity index is 374. The Labute approximate surface area is 107 Å². The van der Waals surface area contributed by atoms with Gasteiger partial charge in [0.2, 0.25) is 0 Å². The standard InChI is InChI=1S/C11H13BrIN/c1-11(2)5-6-14-10-8(13)4-3-7(12)9(10)11/h3-4,14H,5-6H2,1-2H3. The molecule has 3 heteroatoms. The SMILES string of the molecule is CC1(C)CCNc2c(I)ccc(Br)c21. The van der Waals surface area contributed by atoms with Gasteiger partial charge in [0.15, 0.2) is 0 Å². The number of rotatable bonds is 0. The molecular formula is C11H13BrIN. The van der Waals surface area contributed by atoms with E-state index in [4.69, 9.17) is 0 Å². The van der Waals surface area contributed by atoms with Crippen molar-refractivity contribution in [1.82, 2.24) is 0 Å². The first-order chi connectivity index (χ1) is 6.52. The van der Waals surface area contributed by atoms with Crippen LogP contribution in [0.1, 0.15) is 25.8 Å². The van der Waals surface area contributed by atoms with Crippen LogP contribution >= 0.6 is 38.5 Å². The number of hydrogen-bond donors (Lipinski definition) is 1. The minimum atomic E-state index is 0.278. The Morgan fingerprint density at radius 2 is 2.14 bits per heavy atom. The lowest BCUT2D eigenvalue weighted by molar-refractivity contribution is 0.479. The van der Waals surface area contributed by atoms with Gasteiger partial charge in [0.1, 0.15) is 0 Å². The molecule has 0 aromatic heterocycles. The van der Waals surface area contributed by atoms with Crippen LogP contribution in [0.25, 0.3) is 0 Å². The smallest absolute Gasteiger partial charge is 0.0525 e. The Morgan fingerprint density at radius 1 is 1.43 bits per heavy atom. The monoisotopic (exact) mass is 365 g/mol. The van der Waals surface area contributed by atoms with E-state index in [2.05, 4.69) is 69.8 Å². The number of hydrogen-bond acceptors (Lipinski definition) is 1. The molecular weight excluding hydrogens is 353 g/mol. The highest BCUT2D eigenvalue weighted by molar-refractivity contribution is 14.1. The fraction of sp³-hybridized carbons (Fsp3) is 0.455. The van der Waals surface area contributed by atoms with Crippen LogP contribution in [0.15, 0.2) is 16.6 Å². The molecule has 0 fully saturated rings. The van der Waals surface area contributed by atoms with Crippen molar-refractivity contribution in [3.05, 3.63) is 25.7 Å².